The first-order valence-corrected chi connectivity index (χ1v) is 12.3. The summed E-state index contributed by atoms with van der Waals surface area (Å²) in [5, 5.41) is 2.59. The van der Waals surface area contributed by atoms with E-state index < -0.39 is 57.9 Å². The Hall–Kier alpha value is -1.17. The van der Waals surface area contributed by atoms with Gasteiger partial charge in [-0.1, -0.05) is 6.42 Å². The van der Waals surface area contributed by atoms with Gasteiger partial charge >= 0.3 is 13.1 Å². The lowest BCUT2D eigenvalue weighted by molar-refractivity contribution is -0.160. The molecule has 0 aromatic rings. The van der Waals surface area contributed by atoms with Crippen LogP contribution >= 0.6 is 0 Å². The fraction of sp³-hybridized carbons (Fsp3) is 0.900. The summed E-state index contributed by atoms with van der Waals surface area (Å²) in [6.07, 6.45) is 2.44. The molecule has 9 nitrogen and oxygen atoms in total. The summed E-state index contributed by atoms with van der Waals surface area (Å²) in [6.45, 7) is 14.0. The third-order valence-corrected chi connectivity index (χ3v) is 5.87. The molecule has 1 rings (SSSR count). The summed E-state index contributed by atoms with van der Waals surface area (Å²) in [4.78, 5) is 24.5. The Morgan fingerprint density at radius 2 is 1.61 bits per heavy atom. The van der Waals surface area contributed by atoms with Gasteiger partial charge in [-0.3, -0.25) is 8.98 Å². The topological polar surface area (TPSA) is 117 Å². The van der Waals surface area contributed by atoms with Crippen LogP contribution in [-0.4, -0.2) is 63.1 Å². The summed E-state index contributed by atoms with van der Waals surface area (Å²) < 4.78 is 45.5. The second-order valence-corrected chi connectivity index (χ2v) is 11.7. The molecule has 0 radical (unpaired) electrons. The van der Waals surface area contributed by atoms with E-state index in [1.807, 2.05) is 27.7 Å². The lowest BCUT2D eigenvalue weighted by atomic mass is 9.80. The Morgan fingerprint density at radius 3 is 2.03 bits per heavy atom. The fourth-order valence-electron chi connectivity index (χ4n) is 3.14. The molecule has 180 valence electrons. The van der Waals surface area contributed by atoms with E-state index in [0.29, 0.717) is 19.2 Å². The third-order valence-electron chi connectivity index (χ3n) is 5.30. The molecule has 2 atom stereocenters. The molecule has 1 amide bonds. The molecule has 0 bridgehead atoms. The van der Waals surface area contributed by atoms with Gasteiger partial charge in [-0.2, -0.15) is 8.42 Å². The predicted molar refractivity (Wildman–Crippen MR) is 118 cm³/mol. The zero-order valence-corrected chi connectivity index (χ0v) is 21.1. The van der Waals surface area contributed by atoms with Crippen LogP contribution in [0.5, 0.6) is 0 Å². The largest absolute Gasteiger partial charge is 0.458 e. The second kappa shape index (κ2) is 10.2. The molecule has 0 saturated carbocycles. The molecule has 0 aromatic carbocycles. The Balaban J connectivity index is 2.92. The van der Waals surface area contributed by atoms with Crippen molar-refractivity contribution in [1.29, 1.82) is 0 Å². The molecule has 0 aromatic heterocycles. The number of carbonyl (C=O) groups is 2. The molecule has 1 saturated heterocycles. The van der Waals surface area contributed by atoms with Gasteiger partial charge in [0.05, 0.1) is 24.1 Å². The molecular weight excluding hydrogens is 425 g/mol. The van der Waals surface area contributed by atoms with Crippen molar-refractivity contribution in [3.8, 4) is 0 Å². The van der Waals surface area contributed by atoms with E-state index in [1.54, 1.807) is 20.8 Å². The highest BCUT2D eigenvalue weighted by atomic mass is 32.2. The number of nitrogens with one attached hydrogen (secondary N) is 1. The normalized spacial score (nSPS) is 20.2. The molecule has 31 heavy (non-hydrogen) atoms. The van der Waals surface area contributed by atoms with Gasteiger partial charge in [-0.15, -0.1) is 0 Å². The maximum absolute atomic E-state index is 12.8. The lowest BCUT2D eigenvalue weighted by Crippen LogP contribution is -2.49. The predicted octanol–water partition coefficient (Wildman–Crippen LogP) is 2.30. The van der Waals surface area contributed by atoms with Crippen molar-refractivity contribution in [3.05, 3.63) is 0 Å². The molecule has 0 aliphatic carbocycles. The molecule has 11 heteroatoms. The van der Waals surface area contributed by atoms with Crippen molar-refractivity contribution in [2.45, 2.75) is 97.4 Å². The number of esters is 1. The van der Waals surface area contributed by atoms with Crippen LogP contribution < -0.4 is 5.32 Å². The summed E-state index contributed by atoms with van der Waals surface area (Å²) in [5.41, 5.74) is -1.67. The Kier molecular flexibility index (Phi) is 9.16. The maximum Gasteiger partial charge on any atom is 0.457 e. The maximum atomic E-state index is 12.8. The molecule has 1 aliphatic rings. The monoisotopic (exact) mass is 463 g/mol. The van der Waals surface area contributed by atoms with Gasteiger partial charge in [-0.05, 0) is 61.2 Å². The van der Waals surface area contributed by atoms with Gasteiger partial charge in [0, 0.05) is 12.8 Å². The van der Waals surface area contributed by atoms with Gasteiger partial charge in [-0.25, -0.2) is 4.79 Å². The van der Waals surface area contributed by atoms with Crippen molar-refractivity contribution >= 4 is 29.1 Å². The van der Waals surface area contributed by atoms with Gasteiger partial charge in [0.2, 0.25) is 5.91 Å². The summed E-state index contributed by atoms with van der Waals surface area (Å²) in [6, 6.07) is -1.04. The van der Waals surface area contributed by atoms with E-state index >= 15 is 0 Å². The molecular formula is C20H38BNO8S. The van der Waals surface area contributed by atoms with Crippen LogP contribution in [0, 0.1) is 5.92 Å². The molecule has 0 unspecified atom stereocenters. The molecule has 1 aliphatic heterocycles. The van der Waals surface area contributed by atoms with E-state index in [1.165, 1.54) is 6.92 Å². The SMILES string of the molecule is CC(=O)N[C@H](C(=O)OC(C)(C)C)[C@H](CCCB1OC(C)(C)C(C)(C)O1)COS(C)(=O)=O. The number of rotatable bonds is 10. The number of ether oxygens (including phenoxy) is 1. The van der Waals surface area contributed by atoms with Crippen LogP contribution in [-0.2, 0) is 37.9 Å². The lowest BCUT2D eigenvalue weighted by Gasteiger charge is -2.32. The standard InChI is InChI=1S/C20H38BNO8S/c1-14(23)22-16(17(24)28-18(2,3)4)15(13-27-31(9,25)26)11-10-12-21-29-19(5,6)20(7,8)30-21/h15-16H,10-13H2,1-9H3,(H,22,23)/t15-,16+/m1/s1. The zero-order chi connectivity index (χ0) is 24.3. The van der Waals surface area contributed by atoms with Crippen LogP contribution in [0.2, 0.25) is 6.32 Å². The highest BCUT2D eigenvalue weighted by Gasteiger charge is 2.50. The van der Waals surface area contributed by atoms with Crippen molar-refractivity contribution in [3.63, 3.8) is 0 Å². The van der Waals surface area contributed by atoms with Crippen LogP contribution in [0.15, 0.2) is 0 Å². The first kappa shape index (κ1) is 27.9. The van der Waals surface area contributed by atoms with Crippen molar-refractivity contribution in [2.24, 2.45) is 5.92 Å². The van der Waals surface area contributed by atoms with Crippen LogP contribution in [0.4, 0.5) is 0 Å². The molecule has 1 N–H and O–H groups in total. The van der Waals surface area contributed by atoms with E-state index in [9.17, 15) is 18.0 Å². The molecule has 1 heterocycles. The van der Waals surface area contributed by atoms with E-state index in [2.05, 4.69) is 5.32 Å². The van der Waals surface area contributed by atoms with Gasteiger partial charge in [0.15, 0.2) is 0 Å². The van der Waals surface area contributed by atoms with E-state index in [0.717, 1.165) is 6.26 Å². The van der Waals surface area contributed by atoms with Crippen molar-refractivity contribution in [2.75, 3.05) is 12.9 Å². The Morgan fingerprint density at radius 1 is 1.10 bits per heavy atom. The Labute approximate surface area is 187 Å². The number of hydrogen-bond acceptors (Lipinski definition) is 8. The average molecular weight is 463 g/mol. The molecule has 1 fully saturated rings. The number of carbonyl (C=O) groups excluding carboxylic acids is 2. The second-order valence-electron chi connectivity index (χ2n) is 10.1. The van der Waals surface area contributed by atoms with Crippen LogP contribution in [0.25, 0.3) is 0 Å². The van der Waals surface area contributed by atoms with Crippen molar-refractivity contribution < 1.29 is 36.2 Å². The third kappa shape index (κ3) is 9.47. The highest BCUT2D eigenvalue weighted by molar-refractivity contribution is 7.85. The molecule has 0 spiro atoms. The zero-order valence-electron chi connectivity index (χ0n) is 20.2. The Bertz CT molecular complexity index is 729. The van der Waals surface area contributed by atoms with Gasteiger partial charge in [0.25, 0.3) is 10.1 Å². The van der Waals surface area contributed by atoms with Crippen LogP contribution in [0.1, 0.15) is 68.2 Å². The van der Waals surface area contributed by atoms with Gasteiger partial charge in [0.1, 0.15) is 11.6 Å². The smallest absolute Gasteiger partial charge is 0.457 e. The minimum Gasteiger partial charge on any atom is -0.458 e. The number of amides is 1. The quantitative estimate of drug-likeness (QED) is 0.298. The summed E-state index contributed by atoms with van der Waals surface area (Å²) in [5.74, 6) is -1.68. The first-order chi connectivity index (χ1) is 13.8. The average Bonchev–Trinajstić information content (AvgIpc) is 2.73. The summed E-state index contributed by atoms with van der Waals surface area (Å²) >= 11 is 0. The minimum atomic E-state index is -3.73. The summed E-state index contributed by atoms with van der Waals surface area (Å²) in [7, 11) is -4.14. The van der Waals surface area contributed by atoms with E-state index in [4.69, 9.17) is 18.2 Å². The highest BCUT2D eigenvalue weighted by Crippen LogP contribution is 2.38. The first-order valence-electron chi connectivity index (χ1n) is 10.5. The number of hydrogen-bond donors (Lipinski definition) is 1. The fourth-order valence-corrected chi connectivity index (χ4v) is 3.56. The van der Waals surface area contributed by atoms with Gasteiger partial charge < -0.3 is 19.4 Å². The van der Waals surface area contributed by atoms with Crippen LogP contribution in [0.3, 0.4) is 0 Å². The van der Waals surface area contributed by atoms with E-state index in [-0.39, 0.29) is 6.61 Å². The minimum absolute atomic E-state index is 0.258. The van der Waals surface area contributed by atoms with Crippen molar-refractivity contribution in [1.82, 2.24) is 5.32 Å².